The second-order valence-corrected chi connectivity index (χ2v) is 6.72. The molecule has 0 bridgehead atoms. The van der Waals surface area contributed by atoms with Crippen LogP contribution in [0.2, 0.25) is 0 Å². The summed E-state index contributed by atoms with van der Waals surface area (Å²) in [5.74, 6) is 0.449. The second kappa shape index (κ2) is 6.08. The first-order valence-corrected chi connectivity index (χ1v) is 8.18. The number of rotatable bonds is 4. The molecule has 8 heteroatoms. The lowest BCUT2D eigenvalue weighted by Crippen LogP contribution is -2.38. The van der Waals surface area contributed by atoms with E-state index in [0.29, 0.717) is 24.6 Å². The van der Waals surface area contributed by atoms with E-state index in [4.69, 9.17) is 4.74 Å². The first kappa shape index (κ1) is 14.6. The fourth-order valence-electron chi connectivity index (χ4n) is 1.99. The number of aromatic nitrogens is 1. The lowest BCUT2D eigenvalue weighted by molar-refractivity contribution is 0.249. The normalized spacial score (nSPS) is 20.4. The van der Waals surface area contributed by atoms with Crippen LogP contribution in [0.3, 0.4) is 0 Å². The van der Waals surface area contributed by atoms with E-state index >= 15 is 0 Å². The van der Waals surface area contributed by atoms with Gasteiger partial charge in [-0.15, -0.1) is 0 Å². The molecule has 2 N–H and O–H groups in total. The maximum Gasteiger partial charge on any atom is 0.319 e. The Morgan fingerprint density at radius 3 is 3.00 bits per heavy atom. The van der Waals surface area contributed by atoms with Crippen molar-refractivity contribution in [2.45, 2.75) is 19.4 Å². The fraction of sp³-hybridized carbons (Fsp3) is 0.500. The van der Waals surface area contributed by atoms with Crippen molar-refractivity contribution in [3.63, 3.8) is 0 Å². The van der Waals surface area contributed by atoms with E-state index in [1.54, 1.807) is 18.3 Å². The molecule has 0 aromatic carbocycles. The highest BCUT2D eigenvalue weighted by Gasteiger charge is 2.29. The molecule has 2 amide bonds. The third kappa shape index (κ3) is 3.83. The van der Waals surface area contributed by atoms with Gasteiger partial charge in [-0.2, -0.15) is 0 Å². The third-order valence-electron chi connectivity index (χ3n) is 2.87. The number of carbonyl (C=O) groups excluding carboxylic acids is 1. The number of nitrogens with zero attached hydrogens (tertiary/aromatic N) is 1. The number of pyridine rings is 1. The predicted molar refractivity (Wildman–Crippen MR) is 74.6 cm³/mol. The largest absolute Gasteiger partial charge is 0.476 e. The van der Waals surface area contributed by atoms with Crippen LogP contribution >= 0.6 is 0 Å². The summed E-state index contributed by atoms with van der Waals surface area (Å²) in [6, 6.07) is 2.55. The van der Waals surface area contributed by atoms with Crippen molar-refractivity contribution in [1.82, 2.24) is 10.3 Å². The van der Waals surface area contributed by atoms with Crippen molar-refractivity contribution in [3.8, 4) is 5.88 Å². The average Bonchev–Trinajstić information content (AvgIpc) is 2.71. The van der Waals surface area contributed by atoms with Gasteiger partial charge in [0.1, 0.15) is 5.69 Å². The summed E-state index contributed by atoms with van der Waals surface area (Å²) in [4.78, 5) is 15.9. The molecule has 20 heavy (non-hydrogen) atoms. The number of hydrogen-bond acceptors (Lipinski definition) is 5. The number of nitrogens with one attached hydrogen (secondary N) is 2. The Morgan fingerprint density at radius 2 is 2.35 bits per heavy atom. The van der Waals surface area contributed by atoms with E-state index in [2.05, 4.69) is 15.6 Å². The van der Waals surface area contributed by atoms with E-state index in [-0.39, 0.29) is 17.5 Å². The van der Waals surface area contributed by atoms with Gasteiger partial charge in [-0.3, -0.25) is 0 Å². The number of amides is 2. The molecular weight excluding hydrogens is 282 g/mol. The van der Waals surface area contributed by atoms with E-state index in [9.17, 15) is 13.2 Å². The lowest BCUT2D eigenvalue weighted by Gasteiger charge is -2.13. The summed E-state index contributed by atoms with van der Waals surface area (Å²) >= 11 is 0. The van der Waals surface area contributed by atoms with Crippen molar-refractivity contribution in [3.05, 3.63) is 18.3 Å². The number of ether oxygens (including phenoxy) is 1. The highest BCUT2D eigenvalue weighted by atomic mass is 32.2. The molecule has 1 aliphatic heterocycles. The van der Waals surface area contributed by atoms with Crippen LogP contribution in [-0.4, -0.2) is 43.6 Å². The van der Waals surface area contributed by atoms with Crippen molar-refractivity contribution < 1.29 is 17.9 Å². The first-order valence-electron chi connectivity index (χ1n) is 6.36. The Labute approximate surface area is 117 Å². The summed E-state index contributed by atoms with van der Waals surface area (Å²) in [5.41, 5.74) is 0.452. The first-order chi connectivity index (χ1) is 9.50. The van der Waals surface area contributed by atoms with Gasteiger partial charge in [-0.25, -0.2) is 18.2 Å². The van der Waals surface area contributed by atoms with Gasteiger partial charge in [0, 0.05) is 12.2 Å². The van der Waals surface area contributed by atoms with Gasteiger partial charge in [-0.1, -0.05) is 0 Å². The maximum atomic E-state index is 11.8. The zero-order valence-electron chi connectivity index (χ0n) is 11.1. The minimum absolute atomic E-state index is 0.00816. The van der Waals surface area contributed by atoms with Crippen molar-refractivity contribution >= 4 is 21.6 Å². The monoisotopic (exact) mass is 299 g/mol. The van der Waals surface area contributed by atoms with Crippen molar-refractivity contribution in [2.24, 2.45) is 0 Å². The highest BCUT2D eigenvalue weighted by molar-refractivity contribution is 7.91. The van der Waals surface area contributed by atoms with Crippen LogP contribution in [0.5, 0.6) is 5.88 Å². The van der Waals surface area contributed by atoms with Gasteiger partial charge >= 0.3 is 6.03 Å². The topological polar surface area (TPSA) is 97.4 Å². The summed E-state index contributed by atoms with van der Waals surface area (Å²) in [6.45, 7) is 2.26. The molecule has 7 nitrogen and oxygen atoms in total. The second-order valence-electron chi connectivity index (χ2n) is 4.49. The number of carbonyl (C=O) groups is 1. The van der Waals surface area contributed by atoms with Gasteiger partial charge < -0.3 is 15.4 Å². The quantitative estimate of drug-likeness (QED) is 0.856. The van der Waals surface area contributed by atoms with Gasteiger partial charge in [0.25, 0.3) is 0 Å². The van der Waals surface area contributed by atoms with Crippen LogP contribution < -0.4 is 15.4 Å². The molecule has 2 heterocycles. The number of anilines is 1. The zero-order chi connectivity index (χ0) is 14.6. The predicted octanol–water partition coefficient (Wildman–Crippen LogP) is 0.789. The lowest BCUT2D eigenvalue weighted by atomic mass is 10.3. The molecule has 0 unspecified atom stereocenters. The number of sulfone groups is 1. The Kier molecular flexibility index (Phi) is 4.43. The molecule has 1 atom stereocenters. The number of hydrogen-bond donors (Lipinski definition) is 2. The summed E-state index contributed by atoms with van der Waals surface area (Å²) < 4.78 is 27.9. The Hall–Kier alpha value is -1.83. The average molecular weight is 299 g/mol. The van der Waals surface area contributed by atoms with Gasteiger partial charge in [0.15, 0.2) is 9.84 Å². The van der Waals surface area contributed by atoms with Crippen LogP contribution in [-0.2, 0) is 9.84 Å². The highest BCUT2D eigenvalue weighted by Crippen LogP contribution is 2.20. The molecule has 0 aliphatic carbocycles. The molecule has 110 valence electrons. The van der Waals surface area contributed by atoms with Gasteiger partial charge in [-0.05, 0) is 25.5 Å². The summed E-state index contributed by atoms with van der Waals surface area (Å²) in [7, 11) is -3.01. The fourth-order valence-corrected chi connectivity index (χ4v) is 3.66. The van der Waals surface area contributed by atoms with E-state index in [0.717, 1.165) is 0 Å². The molecule has 0 spiro atoms. The minimum atomic E-state index is -3.01. The molecule has 1 aromatic heterocycles. The Balaban J connectivity index is 1.95. The smallest absolute Gasteiger partial charge is 0.319 e. The standard InChI is InChI=1S/C12H17N3O4S/c1-2-19-11-10(4-3-6-13-11)15-12(16)14-9-5-7-20(17,18)8-9/h3-4,6,9H,2,5,7-8H2,1H3,(H2,14,15,16)/t9-/m1/s1. The van der Waals surface area contributed by atoms with Crippen molar-refractivity contribution in [1.29, 1.82) is 0 Å². The van der Waals surface area contributed by atoms with E-state index in [1.807, 2.05) is 6.92 Å². The van der Waals surface area contributed by atoms with Gasteiger partial charge in [0.2, 0.25) is 5.88 Å². The third-order valence-corrected chi connectivity index (χ3v) is 4.64. The van der Waals surface area contributed by atoms with Gasteiger partial charge in [0.05, 0.1) is 18.1 Å². The molecule has 2 rings (SSSR count). The number of urea groups is 1. The Bertz CT molecular complexity index is 588. The molecule has 1 fully saturated rings. The molecule has 1 aromatic rings. The SMILES string of the molecule is CCOc1ncccc1NC(=O)N[C@@H]1CCS(=O)(=O)C1. The Morgan fingerprint density at radius 1 is 1.55 bits per heavy atom. The molecule has 1 aliphatic rings. The minimum Gasteiger partial charge on any atom is -0.476 e. The summed E-state index contributed by atoms with van der Waals surface area (Å²) in [6.07, 6.45) is 2.01. The molecule has 0 radical (unpaired) electrons. The van der Waals surface area contributed by atoms with Crippen LogP contribution in [0.25, 0.3) is 0 Å². The van der Waals surface area contributed by atoms with E-state index < -0.39 is 15.9 Å². The van der Waals surface area contributed by atoms with Crippen LogP contribution in [0.15, 0.2) is 18.3 Å². The zero-order valence-corrected chi connectivity index (χ0v) is 11.9. The molecule has 0 saturated carbocycles. The van der Waals surface area contributed by atoms with Crippen LogP contribution in [0.4, 0.5) is 10.5 Å². The van der Waals surface area contributed by atoms with Crippen LogP contribution in [0.1, 0.15) is 13.3 Å². The summed E-state index contributed by atoms with van der Waals surface area (Å²) in [5, 5.41) is 5.26. The molecular formula is C12H17N3O4S. The van der Waals surface area contributed by atoms with Crippen molar-refractivity contribution in [2.75, 3.05) is 23.4 Å². The van der Waals surface area contributed by atoms with Crippen LogP contribution in [0, 0.1) is 0 Å². The molecule has 1 saturated heterocycles. The van der Waals surface area contributed by atoms with E-state index in [1.165, 1.54) is 0 Å². The maximum absolute atomic E-state index is 11.8.